The van der Waals surface area contributed by atoms with Crippen LogP contribution in [0.25, 0.3) is 11.4 Å². The van der Waals surface area contributed by atoms with E-state index >= 15 is 0 Å². The average molecular weight is 264 g/mol. The fourth-order valence-electron chi connectivity index (χ4n) is 1.34. The number of aldehydes is 1. The van der Waals surface area contributed by atoms with Crippen LogP contribution in [0.3, 0.4) is 0 Å². The average Bonchev–Trinajstić information content (AvgIpc) is 2.38. The predicted octanol–water partition coefficient (Wildman–Crippen LogP) is 0.759. The summed E-state index contributed by atoms with van der Waals surface area (Å²) in [5.74, 6) is 0. The fourth-order valence-corrected chi connectivity index (χ4v) is 1.81. The van der Waals surface area contributed by atoms with E-state index in [1.54, 1.807) is 12.1 Å². The summed E-state index contributed by atoms with van der Waals surface area (Å²) in [6, 6.07) is 5.98. The van der Waals surface area contributed by atoms with Crippen LogP contribution < -0.4 is 5.30 Å². The SMILES string of the molecule is O=Cc1ccc(-c2ccc(P(=O)(O)O)cn2)nc1. The van der Waals surface area contributed by atoms with Crippen molar-refractivity contribution in [3.8, 4) is 11.4 Å². The predicted molar refractivity (Wildman–Crippen MR) is 64.5 cm³/mol. The number of pyridine rings is 2. The molecule has 2 heterocycles. The van der Waals surface area contributed by atoms with Gasteiger partial charge in [-0.25, -0.2) is 0 Å². The summed E-state index contributed by atoms with van der Waals surface area (Å²) in [6.45, 7) is 0. The molecule has 92 valence electrons. The van der Waals surface area contributed by atoms with E-state index in [0.717, 1.165) is 6.20 Å². The zero-order valence-electron chi connectivity index (χ0n) is 9.09. The van der Waals surface area contributed by atoms with Gasteiger partial charge in [0.2, 0.25) is 0 Å². The maximum absolute atomic E-state index is 11.0. The van der Waals surface area contributed by atoms with Crippen molar-refractivity contribution >= 4 is 19.2 Å². The first-order valence-electron chi connectivity index (χ1n) is 4.94. The number of carbonyl (C=O) groups is 1. The van der Waals surface area contributed by atoms with Gasteiger partial charge < -0.3 is 9.79 Å². The van der Waals surface area contributed by atoms with Crippen molar-refractivity contribution in [2.75, 3.05) is 0 Å². The van der Waals surface area contributed by atoms with Crippen LogP contribution in [-0.2, 0) is 4.57 Å². The van der Waals surface area contributed by atoms with Crippen molar-refractivity contribution in [3.05, 3.63) is 42.2 Å². The molecule has 2 aromatic heterocycles. The Kier molecular flexibility index (Phi) is 3.34. The van der Waals surface area contributed by atoms with E-state index in [-0.39, 0.29) is 5.30 Å². The van der Waals surface area contributed by atoms with Gasteiger partial charge in [0, 0.05) is 18.0 Å². The molecule has 7 heteroatoms. The van der Waals surface area contributed by atoms with Gasteiger partial charge in [0.25, 0.3) is 0 Å². The first-order valence-corrected chi connectivity index (χ1v) is 6.56. The second-order valence-electron chi connectivity index (χ2n) is 3.54. The summed E-state index contributed by atoms with van der Waals surface area (Å²) in [5.41, 5.74) is 1.45. The minimum Gasteiger partial charge on any atom is -0.321 e. The first-order chi connectivity index (χ1) is 8.50. The molecule has 0 aromatic carbocycles. The fraction of sp³-hybridized carbons (Fsp3) is 0. The Balaban J connectivity index is 2.34. The lowest BCUT2D eigenvalue weighted by molar-refractivity contribution is 0.112. The van der Waals surface area contributed by atoms with Crippen LogP contribution in [-0.4, -0.2) is 26.0 Å². The summed E-state index contributed by atoms with van der Waals surface area (Å²) in [6.07, 6.45) is 3.20. The van der Waals surface area contributed by atoms with Crippen LogP contribution in [0, 0.1) is 0 Å². The highest BCUT2D eigenvalue weighted by Gasteiger charge is 2.17. The molecule has 0 unspecified atom stereocenters. The van der Waals surface area contributed by atoms with Crippen molar-refractivity contribution in [1.29, 1.82) is 0 Å². The molecule has 0 fully saturated rings. The second-order valence-corrected chi connectivity index (χ2v) is 5.14. The number of carbonyl (C=O) groups excluding carboxylic acids is 1. The lowest BCUT2D eigenvalue weighted by Crippen LogP contribution is -2.04. The van der Waals surface area contributed by atoms with Crippen molar-refractivity contribution in [3.63, 3.8) is 0 Å². The van der Waals surface area contributed by atoms with E-state index in [1.165, 1.54) is 18.3 Å². The summed E-state index contributed by atoms with van der Waals surface area (Å²) >= 11 is 0. The van der Waals surface area contributed by atoms with E-state index in [9.17, 15) is 9.36 Å². The number of rotatable bonds is 3. The Morgan fingerprint density at radius 1 is 1.00 bits per heavy atom. The molecule has 2 N–H and O–H groups in total. The third-order valence-corrected chi connectivity index (χ3v) is 3.21. The highest BCUT2D eigenvalue weighted by atomic mass is 31.2. The summed E-state index contributed by atoms with van der Waals surface area (Å²) in [7, 11) is -4.27. The first kappa shape index (κ1) is 12.6. The van der Waals surface area contributed by atoms with E-state index in [0.29, 0.717) is 23.2 Å². The molecule has 0 saturated carbocycles. The summed E-state index contributed by atoms with van der Waals surface area (Å²) in [5, 5.41) is -0.143. The van der Waals surface area contributed by atoms with Gasteiger partial charge in [0.15, 0.2) is 6.29 Å². The molecule has 0 saturated heterocycles. The molecule has 0 aliphatic carbocycles. The topological polar surface area (TPSA) is 100 Å². The standard InChI is InChI=1S/C11H9N2O4P/c14-7-8-1-3-10(12-5-8)11-4-2-9(6-13-11)18(15,16)17/h1-7H,(H2,15,16,17). The van der Waals surface area contributed by atoms with Crippen LogP contribution in [0.4, 0.5) is 0 Å². The lowest BCUT2D eigenvalue weighted by atomic mass is 10.2. The second kappa shape index (κ2) is 4.78. The van der Waals surface area contributed by atoms with Gasteiger partial charge in [0.1, 0.15) is 0 Å². The smallest absolute Gasteiger partial charge is 0.321 e. The molecular weight excluding hydrogens is 255 g/mol. The van der Waals surface area contributed by atoms with Gasteiger partial charge in [-0.05, 0) is 24.3 Å². The van der Waals surface area contributed by atoms with Crippen LogP contribution in [0.5, 0.6) is 0 Å². The zero-order valence-corrected chi connectivity index (χ0v) is 9.99. The van der Waals surface area contributed by atoms with Crippen LogP contribution >= 0.6 is 7.60 Å². The molecule has 0 aliphatic rings. The largest absolute Gasteiger partial charge is 0.357 e. The minimum atomic E-state index is -4.27. The van der Waals surface area contributed by atoms with Crippen molar-refractivity contribution in [2.45, 2.75) is 0 Å². The highest BCUT2D eigenvalue weighted by molar-refractivity contribution is 7.60. The van der Waals surface area contributed by atoms with Gasteiger partial charge in [-0.1, -0.05) is 0 Å². The Hall–Kier alpha value is -1.88. The number of nitrogens with zero attached hydrogens (tertiary/aromatic N) is 2. The summed E-state index contributed by atoms with van der Waals surface area (Å²) < 4.78 is 11.0. The quantitative estimate of drug-likeness (QED) is 0.627. The normalized spacial score (nSPS) is 11.2. The van der Waals surface area contributed by atoms with Crippen LogP contribution in [0.15, 0.2) is 36.7 Å². The summed E-state index contributed by atoms with van der Waals surface area (Å²) in [4.78, 5) is 36.3. The number of hydrogen-bond acceptors (Lipinski definition) is 4. The van der Waals surface area contributed by atoms with Gasteiger partial charge in [-0.3, -0.25) is 19.3 Å². The van der Waals surface area contributed by atoms with Gasteiger partial charge in [0.05, 0.1) is 16.7 Å². The zero-order chi connectivity index (χ0) is 13.2. The molecule has 0 radical (unpaired) electrons. The molecule has 0 spiro atoms. The van der Waals surface area contributed by atoms with E-state index in [1.807, 2.05) is 0 Å². The molecule has 0 aliphatic heterocycles. The molecule has 18 heavy (non-hydrogen) atoms. The number of hydrogen-bond donors (Lipinski definition) is 2. The van der Waals surface area contributed by atoms with E-state index in [4.69, 9.17) is 9.79 Å². The maximum Gasteiger partial charge on any atom is 0.357 e. The molecule has 0 atom stereocenters. The molecule has 2 aromatic rings. The lowest BCUT2D eigenvalue weighted by Gasteiger charge is -2.04. The van der Waals surface area contributed by atoms with Crippen LogP contribution in [0.2, 0.25) is 0 Å². The Morgan fingerprint density at radius 3 is 2.00 bits per heavy atom. The Morgan fingerprint density at radius 2 is 1.61 bits per heavy atom. The maximum atomic E-state index is 11.0. The molecule has 0 bridgehead atoms. The van der Waals surface area contributed by atoms with Crippen molar-refractivity contribution < 1.29 is 19.1 Å². The molecular formula is C11H9N2O4P. The highest BCUT2D eigenvalue weighted by Crippen LogP contribution is 2.32. The molecule has 2 rings (SSSR count). The van der Waals surface area contributed by atoms with E-state index in [2.05, 4.69) is 9.97 Å². The van der Waals surface area contributed by atoms with Crippen molar-refractivity contribution in [2.24, 2.45) is 0 Å². The monoisotopic (exact) mass is 264 g/mol. The minimum absolute atomic E-state index is 0.143. The van der Waals surface area contributed by atoms with Crippen molar-refractivity contribution in [1.82, 2.24) is 9.97 Å². The third kappa shape index (κ3) is 2.68. The van der Waals surface area contributed by atoms with Gasteiger partial charge in [-0.15, -0.1) is 0 Å². The van der Waals surface area contributed by atoms with E-state index < -0.39 is 7.60 Å². The third-order valence-electron chi connectivity index (χ3n) is 2.27. The van der Waals surface area contributed by atoms with Crippen LogP contribution in [0.1, 0.15) is 10.4 Å². The van der Waals surface area contributed by atoms with Gasteiger partial charge in [-0.2, -0.15) is 0 Å². The van der Waals surface area contributed by atoms with Gasteiger partial charge >= 0.3 is 7.60 Å². The number of aromatic nitrogens is 2. The Labute approximate surface area is 103 Å². The molecule has 6 nitrogen and oxygen atoms in total. The molecule has 0 amide bonds. The Bertz CT molecular complexity index is 604.